The summed E-state index contributed by atoms with van der Waals surface area (Å²) < 4.78 is 49.9. The molecule has 1 aliphatic heterocycles. The number of benzene rings is 1. The second kappa shape index (κ2) is 5.97. The van der Waals surface area contributed by atoms with Crippen molar-refractivity contribution in [3.63, 3.8) is 0 Å². The lowest BCUT2D eigenvalue weighted by Gasteiger charge is -2.35. The summed E-state index contributed by atoms with van der Waals surface area (Å²) in [6.45, 7) is 1.31. The fourth-order valence-corrected chi connectivity index (χ4v) is 2.27. The molecule has 1 saturated heterocycles. The molecule has 0 unspecified atom stereocenters. The van der Waals surface area contributed by atoms with Gasteiger partial charge in [0, 0.05) is 32.7 Å². The molecule has 0 radical (unpaired) electrons. The minimum absolute atomic E-state index is 0.347. The Morgan fingerprint density at radius 1 is 1.05 bits per heavy atom. The Morgan fingerprint density at radius 2 is 1.65 bits per heavy atom. The van der Waals surface area contributed by atoms with Gasteiger partial charge < -0.3 is 5.11 Å². The molecule has 2 rings (SSSR count). The van der Waals surface area contributed by atoms with Gasteiger partial charge in [-0.1, -0.05) is 6.07 Å². The van der Waals surface area contributed by atoms with Crippen LogP contribution >= 0.6 is 0 Å². The van der Waals surface area contributed by atoms with Crippen LogP contribution in [0.2, 0.25) is 0 Å². The molecule has 1 aliphatic rings. The molecule has 3 nitrogen and oxygen atoms in total. The first-order valence-electron chi connectivity index (χ1n) is 6.32. The minimum Gasteiger partial charge on any atom is -0.505 e. The van der Waals surface area contributed by atoms with E-state index in [0.717, 1.165) is 0 Å². The maximum Gasteiger partial charge on any atom is 0.401 e. The monoisotopic (exact) mass is 292 g/mol. The van der Waals surface area contributed by atoms with Crippen molar-refractivity contribution in [3.05, 3.63) is 29.6 Å². The van der Waals surface area contributed by atoms with Gasteiger partial charge in [-0.25, -0.2) is 4.39 Å². The molecule has 1 aromatic rings. The Bertz CT molecular complexity index is 456. The zero-order valence-corrected chi connectivity index (χ0v) is 10.8. The predicted molar refractivity (Wildman–Crippen MR) is 65.8 cm³/mol. The van der Waals surface area contributed by atoms with E-state index in [9.17, 15) is 17.6 Å². The maximum absolute atomic E-state index is 13.2. The minimum atomic E-state index is -4.16. The van der Waals surface area contributed by atoms with E-state index in [1.165, 1.54) is 17.0 Å². The van der Waals surface area contributed by atoms with E-state index in [2.05, 4.69) is 0 Å². The first-order chi connectivity index (χ1) is 9.33. The first kappa shape index (κ1) is 15.1. The number of hydrogen-bond acceptors (Lipinski definition) is 3. The summed E-state index contributed by atoms with van der Waals surface area (Å²) in [5.74, 6) is -1.08. The van der Waals surface area contributed by atoms with Crippen molar-refractivity contribution in [1.82, 2.24) is 9.80 Å². The SMILES string of the molecule is Oc1ccc(CN2CCN(CC(F)(F)F)CC2)cc1F. The summed E-state index contributed by atoms with van der Waals surface area (Å²) in [5.41, 5.74) is 0.699. The summed E-state index contributed by atoms with van der Waals surface area (Å²) in [4.78, 5) is 3.34. The van der Waals surface area contributed by atoms with Crippen LogP contribution in [-0.2, 0) is 6.54 Å². The summed E-state index contributed by atoms with van der Waals surface area (Å²) in [7, 11) is 0. The van der Waals surface area contributed by atoms with Crippen LogP contribution in [0.4, 0.5) is 17.6 Å². The quantitative estimate of drug-likeness (QED) is 0.865. The number of nitrogens with zero attached hydrogens (tertiary/aromatic N) is 2. The number of rotatable bonds is 3. The highest BCUT2D eigenvalue weighted by Gasteiger charge is 2.32. The summed E-state index contributed by atoms with van der Waals surface area (Å²) in [6.07, 6.45) is -4.16. The summed E-state index contributed by atoms with van der Waals surface area (Å²) in [6, 6.07) is 4.14. The van der Waals surface area contributed by atoms with Gasteiger partial charge in [-0.3, -0.25) is 9.80 Å². The van der Waals surface area contributed by atoms with Crippen molar-refractivity contribution in [2.24, 2.45) is 0 Å². The molecule has 0 amide bonds. The van der Waals surface area contributed by atoms with E-state index in [-0.39, 0.29) is 0 Å². The average Bonchev–Trinajstić information content (AvgIpc) is 2.35. The molecule has 0 aliphatic carbocycles. The zero-order valence-electron chi connectivity index (χ0n) is 10.8. The Labute approximate surface area is 114 Å². The normalized spacial score (nSPS) is 18.4. The fourth-order valence-electron chi connectivity index (χ4n) is 2.27. The van der Waals surface area contributed by atoms with Crippen molar-refractivity contribution in [2.45, 2.75) is 12.7 Å². The molecule has 1 aromatic carbocycles. The molecule has 112 valence electrons. The van der Waals surface area contributed by atoms with E-state index < -0.39 is 24.3 Å². The Hall–Kier alpha value is -1.34. The topological polar surface area (TPSA) is 26.7 Å². The molecule has 0 saturated carbocycles. The van der Waals surface area contributed by atoms with Gasteiger partial charge in [0.25, 0.3) is 0 Å². The summed E-state index contributed by atoms with van der Waals surface area (Å²) >= 11 is 0. The Kier molecular flexibility index (Phi) is 4.49. The number of phenolic OH excluding ortho intramolecular Hbond substituents is 1. The standard InChI is InChI=1S/C13H16F4N2O/c14-11-7-10(1-2-12(11)20)8-18-3-5-19(6-4-18)9-13(15,16)17/h1-2,7,20H,3-6,8-9H2. The van der Waals surface area contributed by atoms with Gasteiger partial charge in [0.05, 0.1) is 6.54 Å². The summed E-state index contributed by atoms with van der Waals surface area (Å²) in [5, 5.41) is 9.09. The highest BCUT2D eigenvalue weighted by molar-refractivity contribution is 5.27. The lowest BCUT2D eigenvalue weighted by atomic mass is 10.2. The van der Waals surface area contributed by atoms with Crippen LogP contribution in [0, 0.1) is 5.82 Å². The van der Waals surface area contributed by atoms with E-state index in [0.29, 0.717) is 38.3 Å². The van der Waals surface area contributed by atoms with Crippen LogP contribution in [0.25, 0.3) is 0 Å². The first-order valence-corrected chi connectivity index (χ1v) is 6.32. The van der Waals surface area contributed by atoms with E-state index >= 15 is 0 Å². The molecule has 0 bridgehead atoms. The van der Waals surface area contributed by atoms with Crippen molar-refractivity contribution in [2.75, 3.05) is 32.7 Å². The molecule has 1 N–H and O–H groups in total. The maximum atomic E-state index is 13.2. The van der Waals surface area contributed by atoms with Gasteiger partial charge in [-0.05, 0) is 17.7 Å². The molecule has 20 heavy (non-hydrogen) atoms. The van der Waals surface area contributed by atoms with Crippen molar-refractivity contribution in [1.29, 1.82) is 0 Å². The van der Waals surface area contributed by atoms with E-state index in [1.54, 1.807) is 6.07 Å². The van der Waals surface area contributed by atoms with Crippen molar-refractivity contribution in [3.8, 4) is 5.75 Å². The second-order valence-corrected chi connectivity index (χ2v) is 4.95. The lowest BCUT2D eigenvalue weighted by Crippen LogP contribution is -2.48. The van der Waals surface area contributed by atoms with Crippen LogP contribution in [0.3, 0.4) is 0 Å². The highest BCUT2D eigenvalue weighted by atomic mass is 19.4. The van der Waals surface area contributed by atoms with Crippen LogP contribution in [-0.4, -0.2) is 53.8 Å². The molecular formula is C13H16F4N2O. The smallest absolute Gasteiger partial charge is 0.401 e. The van der Waals surface area contributed by atoms with Crippen molar-refractivity contribution < 1.29 is 22.7 Å². The number of aromatic hydroxyl groups is 1. The van der Waals surface area contributed by atoms with Crippen molar-refractivity contribution >= 4 is 0 Å². The third kappa shape index (κ3) is 4.35. The molecule has 1 heterocycles. The molecule has 0 atom stereocenters. The van der Waals surface area contributed by atoms with Gasteiger partial charge in [0.15, 0.2) is 11.6 Å². The Balaban J connectivity index is 1.83. The average molecular weight is 292 g/mol. The lowest BCUT2D eigenvalue weighted by molar-refractivity contribution is -0.149. The van der Waals surface area contributed by atoms with Crippen LogP contribution in [0.15, 0.2) is 18.2 Å². The number of phenols is 1. The van der Waals surface area contributed by atoms with Crippen LogP contribution in [0.1, 0.15) is 5.56 Å². The second-order valence-electron chi connectivity index (χ2n) is 4.95. The van der Waals surface area contributed by atoms with E-state index in [1.807, 2.05) is 4.90 Å². The number of hydrogen-bond donors (Lipinski definition) is 1. The number of piperazine rings is 1. The zero-order chi connectivity index (χ0) is 14.8. The predicted octanol–water partition coefficient (Wildman–Crippen LogP) is 2.21. The van der Waals surface area contributed by atoms with Crippen LogP contribution in [0.5, 0.6) is 5.75 Å². The van der Waals surface area contributed by atoms with Gasteiger partial charge in [0.1, 0.15) is 0 Å². The van der Waals surface area contributed by atoms with Crippen LogP contribution < -0.4 is 0 Å². The van der Waals surface area contributed by atoms with Gasteiger partial charge >= 0.3 is 6.18 Å². The third-order valence-corrected chi connectivity index (χ3v) is 3.29. The largest absolute Gasteiger partial charge is 0.505 e. The fraction of sp³-hybridized carbons (Fsp3) is 0.538. The Morgan fingerprint density at radius 3 is 2.20 bits per heavy atom. The van der Waals surface area contributed by atoms with Gasteiger partial charge in [-0.2, -0.15) is 13.2 Å². The van der Waals surface area contributed by atoms with Gasteiger partial charge in [0.2, 0.25) is 0 Å². The number of halogens is 4. The molecule has 7 heteroatoms. The molecular weight excluding hydrogens is 276 g/mol. The molecule has 0 spiro atoms. The number of alkyl halides is 3. The van der Waals surface area contributed by atoms with Gasteiger partial charge in [-0.15, -0.1) is 0 Å². The van der Waals surface area contributed by atoms with E-state index in [4.69, 9.17) is 5.11 Å². The highest BCUT2D eigenvalue weighted by Crippen LogP contribution is 2.20. The molecule has 0 aromatic heterocycles. The third-order valence-electron chi connectivity index (χ3n) is 3.29. The molecule has 1 fully saturated rings.